The molecular formula is C30H40F3N5O4. The molecule has 3 aliphatic heterocycles. The lowest BCUT2D eigenvalue weighted by Crippen LogP contribution is -2.37. The highest BCUT2D eigenvalue weighted by Gasteiger charge is 2.36. The van der Waals surface area contributed by atoms with Gasteiger partial charge in [-0.1, -0.05) is 6.07 Å². The van der Waals surface area contributed by atoms with E-state index in [1.807, 2.05) is 25.1 Å². The molecular weight excluding hydrogens is 551 g/mol. The number of carbonyl (C=O) groups excluding carboxylic acids is 1. The summed E-state index contributed by atoms with van der Waals surface area (Å²) in [6.45, 7) is 7.29. The number of hydrogen-bond donors (Lipinski definition) is 2. The van der Waals surface area contributed by atoms with Crippen molar-refractivity contribution in [2.24, 2.45) is 5.92 Å². The van der Waals surface area contributed by atoms with Gasteiger partial charge in [-0.2, -0.15) is 13.2 Å². The Balaban J connectivity index is 0.00000129. The number of ether oxygens (including phenoxy) is 1. The average molecular weight is 592 g/mol. The van der Waals surface area contributed by atoms with Crippen LogP contribution < -0.4 is 10.2 Å². The molecule has 230 valence electrons. The molecule has 4 heterocycles. The van der Waals surface area contributed by atoms with Gasteiger partial charge in [-0.15, -0.1) is 0 Å². The Kier molecular flexibility index (Phi) is 10.7. The van der Waals surface area contributed by atoms with Crippen molar-refractivity contribution < 1.29 is 32.6 Å². The van der Waals surface area contributed by atoms with E-state index in [2.05, 4.69) is 34.3 Å². The largest absolute Gasteiger partial charge is 0.483 e. The number of urea groups is 1. The molecule has 2 N–H and O–H groups in total. The zero-order chi connectivity index (χ0) is 30.3. The van der Waals surface area contributed by atoms with Crippen molar-refractivity contribution in [2.75, 3.05) is 69.7 Å². The van der Waals surface area contributed by atoms with Gasteiger partial charge >= 0.3 is 12.2 Å². The first kappa shape index (κ1) is 31.6. The number of carboxylic acid groups (broad SMARTS) is 1. The molecule has 2 aromatic rings. The lowest BCUT2D eigenvalue weighted by atomic mass is 9.91. The van der Waals surface area contributed by atoms with Gasteiger partial charge in [0.2, 0.25) is 0 Å². The monoisotopic (exact) mass is 591 g/mol. The second-order valence-electron chi connectivity index (χ2n) is 11.3. The molecule has 0 aliphatic carbocycles. The van der Waals surface area contributed by atoms with Crippen LogP contribution >= 0.6 is 0 Å². The molecule has 1 aromatic heterocycles. The molecule has 1 aromatic carbocycles. The van der Waals surface area contributed by atoms with Crippen LogP contribution in [-0.4, -0.2) is 98.1 Å². The number of aryl methyl sites for hydroxylation is 1. The standard InChI is InChI=1S/C29H38F3N5O2.CH2O2/c1-20-3-4-24(33-28(38)37-10-5-21(19-37)18-29(30,31)32)17-25(20)23-15-26(22-6-8-35(2)9-7-22)34-27(16-23)36-11-13-39-14-12-36;2-1-3/h3-4,15-17,21-22H,5-14,18-19H2,1-2H3,(H,33,38);1H,(H,2,3)/t21-;/m0./s1. The Morgan fingerprint density at radius 3 is 2.45 bits per heavy atom. The third-order valence-electron chi connectivity index (χ3n) is 8.20. The molecule has 0 saturated carbocycles. The molecule has 0 bridgehead atoms. The number of halogens is 3. The Morgan fingerprint density at radius 2 is 1.79 bits per heavy atom. The lowest BCUT2D eigenvalue weighted by molar-refractivity contribution is -0.143. The first-order valence-corrected chi connectivity index (χ1v) is 14.4. The number of piperidine rings is 1. The van der Waals surface area contributed by atoms with Crippen molar-refractivity contribution in [3.63, 3.8) is 0 Å². The minimum Gasteiger partial charge on any atom is -0.483 e. The molecule has 9 nitrogen and oxygen atoms in total. The van der Waals surface area contributed by atoms with Crippen molar-refractivity contribution in [1.82, 2.24) is 14.8 Å². The van der Waals surface area contributed by atoms with Crippen molar-refractivity contribution in [3.05, 3.63) is 41.6 Å². The van der Waals surface area contributed by atoms with Gasteiger partial charge in [-0.25, -0.2) is 9.78 Å². The van der Waals surface area contributed by atoms with Crippen LogP contribution in [0.2, 0.25) is 0 Å². The molecule has 2 amide bonds. The molecule has 3 aliphatic rings. The quantitative estimate of drug-likeness (QED) is 0.461. The molecule has 3 fully saturated rings. The Bertz CT molecular complexity index is 1210. The number of benzene rings is 1. The van der Waals surface area contributed by atoms with Gasteiger partial charge in [0.25, 0.3) is 6.47 Å². The summed E-state index contributed by atoms with van der Waals surface area (Å²) in [5.41, 5.74) is 4.87. The summed E-state index contributed by atoms with van der Waals surface area (Å²) in [6, 6.07) is 9.75. The Hall–Kier alpha value is -3.38. The number of carbonyl (C=O) groups is 2. The van der Waals surface area contributed by atoms with Gasteiger partial charge in [-0.05, 0) is 93.2 Å². The van der Waals surface area contributed by atoms with Crippen LogP contribution in [-0.2, 0) is 9.53 Å². The number of nitrogens with zero attached hydrogens (tertiary/aromatic N) is 4. The number of rotatable bonds is 5. The van der Waals surface area contributed by atoms with E-state index in [1.165, 1.54) is 4.90 Å². The third-order valence-corrected chi connectivity index (χ3v) is 8.20. The smallest absolute Gasteiger partial charge is 0.389 e. The first-order valence-electron chi connectivity index (χ1n) is 14.4. The number of aromatic nitrogens is 1. The maximum Gasteiger partial charge on any atom is 0.389 e. The van der Waals surface area contributed by atoms with Gasteiger partial charge in [0.15, 0.2) is 0 Å². The zero-order valence-electron chi connectivity index (χ0n) is 24.2. The SMILES string of the molecule is Cc1ccc(NC(=O)N2CC[C@@H](CC(F)(F)F)C2)cc1-c1cc(C2CCN(C)CC2)nc(N2CCOCC2)c1.O=CO. The van der Waals surface area contributed by atoms with E-state index >= 15 is 0 Å². The summed E-state index contributed by atoms with van der Waals surface area (Å²) in [7, 11) is 2.15. The van der Waals surface area contributed by atoms with Crippen LogP contribution in [0, 0.1) is 12.8 Å². The van der Waals surface area contributed by atoms with E-state index in [0.717, 1.165) is 67.2 Å². The van der Waals surface area contributed by atoms with Crippen LogP contribution in [0.5, 0.6) is 0 Å². The molecule has 0 spiro atoms. The Morgan fingerprint density at radius 1 is 1.10 bits per heavy atom. The highest BCUT2D eigenvalue weighted by molar-refractivity contribution is 5.90. The molecule has 42 heavy (non-hydrogen) atoms. The predicted molar refractivity (Wildman–Crippen MR) is 155 cm³/mol. The molecule has 0 radical (unpaired) electrons. The fourth-order valence-electron chi connectivity index (χ4n) is 5.88. The lowest BCUT2D eigenvalue weighted by Gasteiger charge is -2.31. The second kappa shape index (κ2) is 14.2. The number of hydrogen-bond acceptors (Lipinski definition) is 6. The van der Waals surface area contributed by atoms with Crippen molar-refractivity contribution in [1.29, 1.82) is 0 Å². The van der Waals surface area contributed by atoms with Crippen LogP contribution in [0.25, 0.3) is 11.1 Å². The van der Waals surface area contributed by atoms with Gasteiger partial charge in [0.1, 0.15) is 5.82 Å². The van der Waals surface area contributed by atoms with Crippen molar-refractivity contribution in [2.45, 2.75) is 44.7 Å². The molecule has 12 heteroatoms. The summed E-state index contributed by atoms with van der Waals surface area (Å²) < 4.78 is 44.0. The van der Waals surface area contributed by atoms with E-state index in [0.29, 0.717) is 37.8 Å². The summed E-state index contributed by atoms with van der Waals surface area (Å²) in [5.74, 6) is 0.799. The highest BCUT2D eigenvalue weighted by Crippen LogP contribution is 2.35. The van der Waals surface area contributed by atoms with Gasteiger partial charge in [0.05, 0.1) is 13.2 Å². The number of morpholine rings is 1. The molecule has 1 atom stereocenters. The molecule has 3 saturated heterocycles. The summed E-state index contributed by atoms with van der Waals surface area (Å²) in [6.07, 6.45) is -2.56. The molecule has 5 rings (SSSR count). The number of likely N-dealkylation sites (tertiary alicyclic amines) is 2. The maximum atomic E-state index is 12.9. The number of alkyl halides is 3. The third kappa shape index (κ3) is 8.57. The maximum absolute atomic E-state index is 12.9. The Labute approximate surface area is 244 Å². The fourth-order valence-corrected chi connectivity index (χ4v) is 5.88. The van der Waals surface area contributed by atoms with E-state index in [-0.39, 0.29) is 19.0 Å². The zero-order valence-corrected chi connectivity index (χ0v) is 24.2. The van der Waals surface area contributed by atoms with E-state index in [4.69, 9.17) is 19.6 Å². The minimum atomic E-state index is -4.21. The van der Waals surface area contributed by atoms with Crippen molar-refractivity contribution in [3.8, 4) is 11.1 Å². The molecule has 0 unspecified atom stereocenters. The second-order valence-corrected chi connectivity index (χ2v) is 11.3. The predicted octanol–water partition coefficient (Wildman–Crippen LogP) is 5.21. The number of nitrogens with one attached hydrogen (secondary N) is 1. The van der Waals surface area contributed by atoms with Crippen LogP contribution in [0.1, 0.15) is 42.9 Å². The highest BCUT2D eigenvalue weighted by atomic mass is 19.4. The number of pyridine rings is 1. The number of amides is 2. The fraction of sp³-hybridized carbons (Fsp3) is 0.567. The van der Waals surface area contributed by atoms with Crippen molar-refractivity contribution >= 4 is 24.0 Å². The van der Waals surface area contributed by atoms with Gasteiger partial charge < -0.3 is 29.9 Å². The summed E-state index contributed by atoms with van der Waals surface area (Å²) in [5, 5.41) is 9.81. The van der Waals surface area contributed by atoms with Crippen LogP contribution in [0.4, 0.5) is 29.5 Å². The summed E-state index contributed by atoms with van der Waals surface area (Å²) in [4.78, 5) is 32.5. The van der Waals surface area contributed by atoms with E-state index < -0.39 is 18.5 Å². The minimum absolute atomic E-state index is 0.122. The van der Waals surface area contributed by atoms with Crippen LogP contribution in [0.15, 0.2) is 30.3 Å². The van der Waals surface area contributed by atoms with E-state index in [1.54, 1.807) is 0 Å². The van der Waals surface area contributed by atoms with Gasteiger partial charge in [0, 0.05) is 49.9 Å². The van der Waals surface area contributed by atoms with E-state index in [9.17, 15) is 18.0 Å². The van der Waals surface area contributed by atoms with Crippen LogP contribution in [0.3, 0.4) is 0 Å². The number of anilines is 2. The normalized spacial score (nSPS) is 20.2. The van der Waals surface area contributed by atoms with Gasteiger partial charge in [-0.3, -0.25) is 4.79 Å². The first-order chi connectivity index (χ1) is 20.1. The average Bonchev–Trinajstić information content (AvgIpc) is 3.42. The topological polar surface area (TPSA) is 98.2 Å². The summed E-state index contributed by atoms with van der Waals surface area (Å²) >= 11 is 0.